The molecule has 0 atom stereocenters. The van der Waals surface area contributed by atoms with E-state index < -0.39 is 10.0 Å². The van der Waals surface area contributed by atoms with E-state index in [-0.39, 0.29) is 10.9 Å². The molecule has 2 aromatic heterocycles. The maximum Gasteiger partial charge on any atom is 0.294 e. The van der Waals surface area contributed by atoms with Gasteiger partial charge in [-0.2, -0.15) is 4.98 Å². The molecule has 9 heteroatoms. The number of nitrogens with one attached hydrogen (secondary N) is 1. The van der Waals surface area contributed by atoms with E-state index >= 15 is 0 Å². The molecule has 0 bridgehead atoms. The Morgan fingerprint density at radius 2 is 2.21 bits per heavy atom. The van der Waals surface area contributed by atoms with Crippen LogP contribution in [0.1, 0.15) is 0 Å². The summed E-state index contributed by atoms with van der Waals surface area (Å²) in [5.41, 5.74) is 0. The Bertz CT molecular complexity index is 730. The fraction of sp³-hybridized carbons (Fsp3) is 0.100. The summed E-state index contributed by atoms with van der Waals surface area (Å²) >= 11 is 0. The molecule has 0 aromatic carbocycles. The van der Waals surface area contributed by atoms with E-state index in [9.17, 15) is 8.42 Å². The number of hydrogen-bond acceptors (Lipinski definition) is 6. The summed E-state index contributed by atoms with van der Waals surface area (Å²) in [6, 6.07) is 1.64. The molecule has 3 rings (SSSR count). The maximum atomic E-state index is 12.1. The van der Waals surface area contributed by atoms with E-state index in [4.69, 9.17) is 0 Å². The first-order chi connectivity index (χ1) is 9.15. The fourth-order valence-corrected chi connectivity index (χ4v) is 2.48. The van der Waals surface area contributed by atoms with Crippen LogP contribution in [0.5, 0.6) is 0 Å². The molecule has 0 fully saturated rings. The monoisotopic (exact) mass is 278 g/mol. The smallest absolute Gasteiger partial charge is 0.294 e. The summed E-state index contributed by atoms with van der Waals surface area (Å²) in [6.07, 6.45) is 10.1. The lowest BCUT2D eigenvalue weighted by atomic mass is 10.4. The highest BCUT2D eigenvalue weighted by Gasteiger charge is 2.22. The second kappa shape index (κ2) is 4.44. The molecule has 0 amide bonds. The van der Waals surface area contributed by atoms with Crippen LogP contribution in [0.3, 0.4) is 0 Å². The standard InChI is InChI=1S/C10H10N6O2S/c17-19(18,14-15-6-2-1-3-7-15)10-12-9-11-5-4-8-16(9)13-10/h1-6,8,14H,7H2. The Morgan fingerprint density at radius 3 is 2.95 bits per heavy atom. The van der Waals surface area contributed by atoms with E-state index in [0.29, 0.717) is 6.54 Å². The van der Waals surface area contributed by atoms with Crippen molar-refractivity contribution in [2.45, 2.75) is 5.16 Å². The average Bonchev–Trinajstić information content (AvgIpc) is 2.84. The number of aromatic nitrogens is 4. The molecule has 0 saturated heterocycles. The van der Waals surface area contributed by atoms with Crippen LogP contribution in [-0.2, 0) is 10.0 Å². The quantitative estimate of drug-likeness (QED) is 0.829. The lowest BCUT2D eigenvalue weighted by Gasteiger charge is -2.19. The summed E-state index contributed by atoms with van der Waals surface area (Å²) < 4.78 is 25.5. The third kappa shape index (κ3) is 2.33. The maximum absolute atomic E-state index is 12.1. The number of nitrogens with zero attached hydrogens (tertiary/aromatic N) is 5. The van der Waals surface area contributed by atoms with Gasteiger partial charge in [0.15, 0.2) is 0 Å². The van der Waals surface area contributed by atoms with E-state index in [1.807, 2.05) is 12.2 Å². The van der Waals surface area contributed by atoms with Gasteiger partial charge >= 0.3 is 0 Å². The van der Waals surface area contributed by atoms with Crippen molar-refractivity contribution in [3.63, 3.8) is 0 Å². The summed E-state index contributed by atoms with van der Waals surface area (Å²) in [5.74, 6) is 0.233. The Balaban J connectivity index is 1.91. The van der Waals surface area contributed by atoms with Crippen LogP contribution in [0, 0.1) is 0 Å². The second-order valence-corrected chi connectivity index (χ2v) is 5.33. The minimum Gasteiger partial charge on any atom is -0.298 e. The van der Waals surface area contributed by atoms with Crippen molar-refractivity contribution in [2.75, 3.05) is 6.54 Å². The first-order valence-electron chi connectivity index (χ1n) is 5.45. The predicted molar refractivity (Wildman–Crippen MR) is 66.1 cm³/mol. The third-order valence-electron chi connectivity index (χ3n) is 2.39. The van der Waals surface area contributed by atoms with Crippen LogP contribution >= 0.6 is 0 Å². The van der Waals surface area contributed by atoms with Gasteiger partial charge < -0.3 is 0 Å². The molecule has 8 nitrogen and oxygen atoms in total. The zero-order valence-corrected chi connectivity index (χ0v) is 10.5. The van der Waals surface area contributed by atoms with Crippen molar-refractivity contribution in [1.29, 1.82) is 0 Å². The van der Waals surface area contributed by atoms with Crippen molar-refractivity contribution in [2.24, 2.45) is 0 Å². The lowest BCUT2D eigenvalue weighted by molar-refractivity contribution is 0.366. The number of rotatable bonds is 3. The zero-order chi connectivity index (χ0) is 13.3. The summed E-state index contributed by atoms with van der Waals surface area (Å²) in [7, 11) is -3.81. The van der Waals surface area contributed by atoms with Gasteiger partial charge in [-0.3, -0.25) is 5.01 Å². The van der Waals surface area contributed by atoms with Gasteiger partial charge in [0.05, 0.1) is 6.54 Å². The first-order valence-corrected chi connectivity index (χ1v) is 6.93. The Hall–Kier alpha value is -2.26. The Morgan fingerprint density at radius 1 is 1.32 bits per heavy atom. The number of allylic oxidation sites excluding steroid dienone is 2. The van der Waals surface area contributed by atoms with Gasteiger partial charge in [0.2, 0.25) is 0 Å². The van der Waals surface area contributed by atoms with E-state index in [1.54, 1.807) is 24.5 Å². The molecule has 0 radical (unpaired) electrons. The first kappa shape index (κ1) is 11.8. The average molecular weight is 278 g/mol. The minimum atomic E-state index is -3.81. The molecule has 0 spiro atoms. The van der Waals surface area contributed by atoms with Gasteiger partial charge in [0, 0.05) is 18.6 Å². The molecule has 1 aliphatic heterocycles. The summed E-state index contributed by atoms with van der Waals surface area (Å²) in [5, 5.41) is 4.99. The molecule has 1 N–H and O–H groups in total. The topological polar surface area (TPSA) is 92.5 Å². The molecule has 2 aromatic rings. The summed E-state index contributed by atoms with van der Waals surface area (Å²) in [4.78, 5) is 10.2. The van der Waals surface area contributed by atoms with Crippen molar-refractivity contribution < 1.29 is 8.42 Å². The van der Waals surface area contributed by atoms with Gasteiger partial charge in [0.25, 0.3) is 21.0 Å². The predicted octanol–water partition coefficient (Wildman–Crippen LogP) is -0.297. The zero-order valence-electron chi connectivity index (χ0n) is 9.71. The van der Waals surface area contributed by atoms with E-state index in [1.165, 1.54) is 15.7 Å². The summed E-state index contributed by atoms with van der Waals surface area (Å²) in [6.45, 7) is 0.446. The normalized spacial score (nSPS) is 15.3. The highest BCUT2D eigenvalue weighted by Crippen LogP contribution is 2.06. The van der Waals surface area contributed by atoms with Gasteiger partial charge in [-0.05, 0) is 12.1 Å². The van der Waals surface area contributed by atoms with Gasteiger partial charge in [-0.25, -0.2) is 17.9 Å². The Kier molecular flexibility index (Phi) is 2.76. The van der Waals surface area contributed by atoms with Gasteiger partial charge in [0.1, 0.15) is 0 Å². The SMILES string of the molecule is O=S(=O)(NN1C=CC=CC1)c1nc2ncccn2n1. The molecular formula is C10H10N6O2S. The van der Waals surface area contributed by atoms with Crippen molar-refractivity contribution >= 4 is 15.8 Å². The van der Waals surface area contributed by atoms with Crippen molar-refractivity contribution in [3.05, 3.63) is 42.9 Å². The van der Waals surface area contributed by atoms with Crippen LogP contribution in [0.15, 0.2) is 48.0 Å². The fourth-order valence-electron chi connectivity index (χ4n) is 1.56. The highest BCUT2D eigenvalue weighted by atomic mass is 32.2. The molecule has 19 heavy (non-hydrogen) atoms. The van der Waals surface area contributed by atoms with Crippen LogP contribution in [0.2, 0.25) is 0 Å². The highest BCUT2D eigenvalue weighted by molar-refractivity contribution is 7.89. The molecular weight excluding hydrogens is 268 g/mol. The van der Waals surface area contributed by atoms with Crippen LogP contribution in [-0.4, -0.2) is 39.6 Å². The third-order valence-corrected chi connectivity index (χ3v) is 3.52. The molecule has 0 saturated carbocycles. The molecule has 98 valence electrons. The molecule has 3 heterocycles. The lowest BCUT2D eigenvalue weighted by Crippen LogP contribution is -2.39. The van der Waals surface area contributed by atoms with Crippen LogP contribution in [0.4, 0.5) is 0 Å². The van der Waals surface area contributed by atoms with Gasteiger partial charge in [-0.15, -0.1) is 9.93 Å². The Labute approximate surface area is 109 Å². The second-order valence-electron chi connectivity index (χ2n) is 3.78. The van der Waals surface area contributed by atoms with Crippen molar-refractivity contribution in [3.8, 4) is 0 Å². The van der Waals surface area contributed by atoms with Crippen LogP contribution in [0.25, 0.3) is 5.78 Å². The largest absolute Gasteiger partial charge is 0.298 e. The van der Waals surface area contributed by atoms with Crippen LogP contribution < -0.4 is 4.83 Å². The number of hydrazine groups is 1. The van der Waals surface area contributed by atoms with E-state index in [2.05, 4.69) is 19.9 Å². The minimum absolute atomic E-state index is 0.233. The number of fused-ring (bicyclic) bond motifs is 1. The molecule has 1 aliphatic rings. The molecule has 0 unspecified atom stereocenters. The van der Waals surface area contributed by atoms with E-state index in [0.717, 1.165) is 0 Å². The number of hydrogen-bond donors (Lipinski definition) is 1. The molecule has 0 aliphatic carbocycles. The number of sulfonamides is 1. The van der Waals surface area contributed by atoms with Crippen molar-refractivity contribution in [1.82, 2.24) is 29.4 Å². The van der Waals surface area contributed by atoms with Gasteiger partial charge in [-0.1, -0.05) is 12.2 Å².